The molecule has 4 nitrogen and oxygen atoms in total. The molecule has 0 fully saturated rings. The Bertz CT molecular complexity index is 631. The highest BCUT2D eigenvalue weighted by molar-refractivity contribution is 5.32. The number of nitrogens with zero attached hydrogens (tertiary/aromatic N) is 1. The van der Waals surface area contributed by atoms with E-state index >= 15 is 0 Å². The standard InChI is InChI=1S/C16H20FN3O/c1-10-4-6-13(11(2)19-10)15(20-18)9-12-5-7-16(21-3)14(17)8-12/h4-8,15,20H,9,18H2,1-3H3. The van der Waals surface area contributed by atoms with Gasteiger partial charge in [-0.2, -0.15) is 0 Å². The second-order valence-electron chi connectivity index (χ2n) is 5.02. The number of rotatable bonds is 5. The van der Waals surface area contributed by atoms with Crippen LogP contribution in [0.3, 0.4) is 0 Å². The summed E-state index contributed by atoms with van der Waals surface area (Å²) in [5.41, 5.74) is 6.52. The van der Waals surface area contributed by atoms with Gasteiger partial charge in [-0.25, -0.2) is 4.39 Å². The Kier molecular flexibility index (Phi) is 4.88. The number of hydrazine groups is 1. The monoisotopic (exact) mass is 289 g/mol. The minimum atomic E-state index is -0.371. The van der Waals surface area contributed by atoms with Crippen LogP contribution in [0.5, 0.6) is 5.75 Å². The minimum absolute atomic E-state index is 0.120. The molecule has 1 aromatic heterocycles. The van der Waals surface area contributed by atoms with Crippen LogP contribution in [0, 0.1) is 19.7 Å². The number of aryl methyl sites for hydroxylation is 2. The number of ether oxygens (including phenoxy) is 1. The van der Waals surface area contributed by atoms with Gasteiger partial charge in [-0.15, -0.1) is 0 Å². The maximum atomic E-state index is 13.8. The summed E-state index contributed by atoms with van der Waals surface area (Å²) >= 11 is 0. The van der Waals surface area contributed by atoms with Crippen molar-refractivity contribution >= 4 is 0 Å². The molecule has 0 saturated heterocycles. The first-order chi connectivity index (χ1) is 10.0. The van der Waals surface area contributed by atoms with Gasteiger partial charge in [0.1, 0.15) is 0 Å². The van der Waals surface area contributed by atoms with E-state index in [0.717, 1.165) is 22.5 Å². The number of hydrogen-bond acceptors (Lipinski definition) is 4. The summed E-state index contributed by atoms with van der Waals surface area (Å²) in [6.07, 6.45) is 0.572. The third kappa shape index (κ3) is 3.56. The van der Waals surface area contributed by atoms with Crippen LogP contribution in [0.1, 0.15) is 28.6 Å². The van der Waals surface area contributed by atoms with E-state index in [1.807, 2.05) is 32.0 Å². The Morgan fingerprint density at radius 2 is 2.05 bits per heavy atom. The van der Waals surface area contributed by atoms with E-state index in [9.17, 15) is 4.39 Å². The molecular formula is C16H20FN3O. The topological polar surface area (TPSA) is 60.2 Å². The van der Waals surface area contributed by atoms with Gasteiger partial charge in [0, 0.05) is 11.4 Å². The molecule has 1 atom stereocenters. The smallest absolute Gasteiger partial charge is 0.165 e. The van der Waals surface area contributed by atoms with Crippen molar-refractivity contribution in [1.82, 2.24) is 10.4 Å². The number of aromatic nitrogens is 1. The van der Waals surface area contributed by atoms with E-state index in [0.29, 0.717) is 6.42 Å². The molecule has 1 unspecified atom stereocenters. The molecule has 2 rings (SSSR count). The molecule has 2 aromatic rings. The van der Waals surface area contributed by atoms with Crippen LogP contribution in [0.15, 0.2) is 30.3 Å². The lowest BCUT2D eigenvalue weighted by Crippen LogP contribution is -2.30. The van der Waals surface area contributed by atoms with Crippen molar-refractivity contribution in [2.24, 2.45) is 5.84 Å². The molecule has 5 heteroatoms. The summed E-state index contributed by atoms with van der Waals surface area (Å²) in [7, 11) is 1.45. The van der Waals surface area contributed by atoms with Crippen LogP contribution in [-0.4, -0.2) is 12.1 Å². The molecule has 0 saturated carbocycles. The summed E-state index contributed by atoms with van der Waals surface area (Å²) in [6, 6.07) is 8.76. The van der Waals surface area contributed by atoms with Crippen molar-refractivity contribution in [1.29, 1.82) is 0 Å². The third-order valence-electron chi connectivity index (χ3n) is 3.50. The maximum absolute atomic E-state index is 13.8. The first-order valence-electron chi connectivity index (χ1n) is 6.78. The molecule has 112 valence electrons. The van der Waals surface area contributed by atoms with Crippen molar-refractivity contribution < 1.29 is 9.13 Å². The summed E-state index contributed by atoms with van der Waals surface area (Å²) in [5.74, 6) is 5.53. The van der Waals surface area contributed by atoms with Gasteiger partial charge in [-0.1, -0.05) is 12.1 Å². The van der Waals surface area contributed by atoms with Gasteiger partial charge in [-0.05, 0) is 49.6 Å². The van der Waals surface area contributed by atoms with Crippen molar-refractivity contribution in [2.75, 3.05) is 7.11 Å². The lowest BCUT2D eigenvalue weighted by Gasteiger charge is -2.18. The van der Waals surface area contributed by atoms with Gasteiger partial charge in [0.2, 0.25) is 0 Å². The van der Waals surface area contributed by atoms with Crippen LogP contribution >= 0.6 is 0 Å². The maximum Gasteiger partial charge on any atom is 0.165 e. The van der Waals surface area contributed by atoms with E-state index in [2.05, 4.69) is 10.4 Å². The Morgan fingerprint density at radius 1 is 1.29 bits per heavy atom. The molecule has 0 spiro atoms. The van der Waals surface area contributed by atoms with E-state index < -0.39 is 0 Å². The molecule has 0 amide bonds. The van der Waals surface area contributed by atoms with Gasteiger partial charge in [0.05, 0.1) is 13.2 Å². The lowest BCUT2D eigenvalue weighted by atomic mass is 9.98. The predicted octanol–water partition coefficient (Wildman–Crippen LogP) is 2.59. The largest absolute Gasteiger partial charge is 0.494 e. The predicted molar refractivity (Wildman–Crippen MR) is 80.4 cm³/mol. The molecule has 21 heavy (non-hydrogen) atoms. The SMILES string of the molecule is COc1ccc(CC(NN)c2ccc(C)nc2C)cc1F. The number of hydrogen-bond donors (Lipinski definition) is 2. The zero-order valence-electron chi connectivity index (χ0n) is 12.5. The summed E-state index contributed by atoms with van der Waals surface area (Å²) < 4.78 is 18.7. The minimum Gasteiger partial charge on any atom is -0.494 e. The van der Waals surface area contributed by atoms with Crippen LogP contribution in [0.4, 0.5) is 4.39 Å². The zero-order valence-corrected chi connectivity index (χ0v) is 12.5. The van der Waals surface area contributed by atoms with Crippen molar-refractivity contribution in [3.63, 3.8) is 0 Å². The molecule has 3 N–H and O–H groups in total. The van der Waals surface area contributed by atoms with E-state index in [4.69, 9.17) is 10.6 Å². The average Bonchev–Trinajstić information content (AvgIpc) is 2.45. The molecular weight excluding hydrogens is 269 g/mol. The van der Waals surface area contributed by atoms with E-state index in [1.165, 1.54) is 13.2 Å². The molecule has 0 aliphatic rings. The number of halogens is 1. The lowest BCUT2D eigenvalue weighted by molar-refractivity contribution is 0.386. The molecule has 0 bridgehead atoms. The molecule has 1 aromatic carbocycles. The Balaban J connectivity index is 2.24. The van der Waals surface area contributed by atoms with E-state index in [1.54, 1.807) is 6.07 Å². The number of nitrogens with one attached hydrogen (secondary N) is 1. The quantitative estimate of drug-likeness (QED) is 0.656. The highest BCUT2D eigenvalue weighted by Gasteiger charge is 2.15. The summed E-state index contributed by atoms with van der Waals surface area (Å²) in [5, 5.41) is 0. The highest BCUT2D eigenvalue weighted by Crippen LogP contribution is 2.23. The summed E-state index contributed by atoms with van der Waals surface area (Å²) in [4.78, 5) is 4.44. The number of nitrogens with two attached hydrogens (primary N) is 1. The van der Waals surface area contributed by atoms with Crippen molar-refractivity contribution in [3.8, 4) is 5.75 Å². The first-order valence-corrected chi connectivity index (χ1v) is 6.78. The third-order valence-corrected chi connectivity index (χ3v) is 3.50. The fraction of sp³-hybridized carbons (Fsp3) is 0.312. The van der Waals surface area contributed by atoms with Crippen LogP contribution in [0.25, 0.3) is 0 Å². The Labute approximate surface area is 124 Å². The fourth-order valence-electron chi connectivity index (χ4n) is 2.40. The van der Waals surface area contributed by atoms with Crippen LogP contribution in [-0.2, 0) is 6.42 Å². The Morgan fingerprint density at radius 3 is 2.62 bits per heavy atom. The number of methoxy groups -OCH3 is 1. The van der Waals surface area contributed by atoms with Gasteiger partial charge >= 0.3 is 0 Å². The second-order valence-corrected chi connectivity index (χ2v) is 5.02. The van der Waals surface area contributed by atoms with E-state index in [-0.39, 0.29) is 17.6 Å². The highest BCUT2D eigenvalue weighted by atomic mass is 19.1. The summed E-state index contributed by atoms with van der Waals surface area (Å²) in [6.45, 7) is 3.89. The van der Waals surface area contributed by atoms with Gasteiger partial charge in [0.25, 0.3) is 0 Å². The molecule has 0 radical (unpaired) electrons. The zero-order chi connectivity index (χ0) is 15.4. The molecule has 0 aliphatic carbocycles. The normalized spacial score (nSPS) is 12.2. The van der Waals surface area contributed by atoms with Gasteiger partial charge in [0.15, 0.2) is 11.6 Å². The van der Waals surface area contributed by atoms with Crippen LogP contribution in [0.2, 0.25) is 0 Å². The van der Waals surface area contributed by atoms with Gasteiger partial charge < -0.3 is 4.74 Å². The number of benzene rings is 1. The van der Waals surface area contributed by atoms with Crippen LogP contribution < -0.4 is 16.0 Å². The molecule has 1 heterocycles. The Hall–Kier alpha value is -1.98. The second kappa shape index (κ2) is 6.65. The van der Waals surface area contributed by atoms with Gasteiger partial charge in [-0.3, -0.25) is 16.3 Å². The van der Waals surface area contributed by atoms with Crippen molar-refractivity contribution in [2.45, 2.75) is 26.3 Å². The molecule has 0 aliphatic heterocycles. The fourth-order valence-corrected chi connectivity index (χ4v) is 2.40. The van der Waals surface area contributed by atoms with Crippen molar-refractivity contribution in [3.05, 3.63) is 58.7 Å². The average molecular weight is 289 g/mol. The first kappa shape index (κ1) is 15.4. The number of pyridine rings is 1.